The van der Waals surface area contributed by atoms with E-state index in [2.05, 4.69) is 45.3 Å². The van der Waals surface area contributed by atoms with Gasteiger partial charge in [0.2, 0.25) is 0 Å². The summed E-state index contributed by atoms with van der Waals surface area (Å²) in [5.74, 6) is 5.51. The highest BCUT2D eigenvalue weighted by Crippen LogP contribution is 2.18. The van der Waals surface area contributed by atoms with Gasteiger partial charge in [-0.05, 0) is 50.3 Å². The van der Waals surface area contributed by atoms with Crippen LogP contribution in [0.4, 0.5) is 0 Å². The first-order chi connectivity index (χ1) is 7.08. The quantitative estimate of drug-likeness (QED) is 0.586. The Morgan fingerprint density at radius 1 is 1.20 bits per heavy atom. The number of hydrazine groups is 1. The van der Waals surface area contributed by atoms with Crippen LogP contribution in [0.1, 0.15) is 35.6 Å². The smallest absolute Gasteiger partial charge is 0.0248 e. The minimum absolute atomic E-state index is 0.380. The summed E-state index contributed by atoms with van der Waals surface area (Å²) in [5.41, 5.74) is 8.39. The monoisotopic (exact) mass is 206 g/mol. The van der Waals surface area contributed by atoms with Crippen LogP contribution in [-0.2, 0) is 6.42 Å². The first-order valence-corrected chi connectivity index (χ1v) is 5.61. The fraction of sp³-hybridized carbons (Fsp3) is 0.538. The van der Waals surface area contributed by atoms with Crippen LogP contribution in [-0.4, -0.2) is 6.04 Å². The topological polar surface area (TPSA) is 38.0 Å². The first-order valence-electron chi connectivity index (χ1n) is 5.61. The van der Waals surface area contributed by atoms with E-state index in [9.17, 15) is 0 Å². The van der Waals surface area contributed by atoms with Gasteiger partial charge in [0.05, 0.1) is 0 Å². The molecule has 1 rings (SSSR count). The zero-order chi connectivity index (χ0) is 11.4. The zero-order valence-electron chi connectivity index (χ0n) is 10.2. The maximum absolute atomic E-state index is 5.51. The molecule has 0 bridgehead atoms. The lowest BCUT2D eigenvalue weighted by molar-refractivity contribution is 0.509. The number of aryl methyl sites for hydroxylation is 3. The van der Waals surface area contributed by atoms with E-state index in [1.54, 1.807) is 0 Å². The van der Waals surface area contributed by atoms with Gasteiger partial charge in [-0.3, -0.25) is 11.3 Å². The molecule has 3 N–H and O–H groups in total. The molecule has 2 heteroatoms. The van der Waals surface area contributed by atoms with Gasteiger partial charge in [-0.1, -0.05) is 24.6 Å². The highest BCUT2D eigenvalue weighted by Gasteiger charge is 2.09. The lowest BCUT2D eigenvalue weighted by Gasteiger charge is -2.17. The van der Waals surface area contributed by atoms with E-state index in [-0.39, 0.29) is 0 Å². The first kappa shape index (κ1) is 12.2. The molecule has 0 aliphatic carbocycles. The Kier molecular flexibility index (Phi) is 4.30. The van der Waals surface area contributed by atoms with Crippen LogP contribution in [0.25, 0.3) is 0 Å². The van der Waals surface area contributed by atoms with E-state index in [4.69, 9.17) is 5.84 Å². The molecule has 1 aromatic rings. The molecule has 1 aromatic carbocycles. The molecule has 0 heterocycles. The minimum Gasteiger partial charge on any atom is -0.271 e. The molecule has 0 aliphatic heterocycles. The van der Waals surface area contributed by atoms with Gasteiger partial charge < -0.3 is 0 Å². The molecule has 0 fully saturated rings. The van der Waals surface area contributed by atoms with Gasteiger partial charge in [0.15, 0.2) is 0 Å². The molecule has 0 aromatic heterocycles. The third kappa shape index (κ3) is 3.05. The van der Waals surface area contributed by atoms with E-state index in [1.165, 1.54) is 22.3 Å². The molecular weight excluding hydrogens is 184 g/mol. The number of hydrogen-bond acceptors (Lipinski definition) is 2. The van der Waals surface area contributed by atoms with Gasteiger partial charge in [0.1, 0.15) is 0 Å². The lowest BCUT2D eigenvalue weighted by Crippen LogP contribution is -2.36. The highest BCUT2D eigenvalue weighted by atomic mass is 15.2. The normalized spacial score (nSPS) is 12.9. The summed E-state index contributed by atoms with van der Waals surface area (Å²) in [6.45, 7) is 8.66. The Balaban J connectivity index is 2.94. The number of benzene rings is 1. The fourth-order valence-electron chi connectivity index (χ4n) is 2.10. The van der Waals surface area contributed by atoms with Crippen LogP contribution >= 0.6 is 0 Å². The van der Waals surface area contributed by atoms with Crippen LogP contribution in [0.2, 0.25) is 0 Å². The van der Waals surface area contributed by atoms with Gasteiger partial charge in [0, 0.05) is 6.04 Å². The van der Waals surface area contributed by atoms with Gasteiger partial charge in [-0.15, -0.1) is 0 Å². The second-order valence-corrected chi connectivity index (χ2v) is 4.35. The van der Waals surface area contributed by atoms with Crippen molar-refractivity contribution in [2.45, 2.75) is 46.6 Å². The standard InChI is InChI=1S/C13H22N2/c1-5-12(15-14)8-13-10(3)6-9(2)7-11(13)4/h6-7,12,15H,5,8,14H2,1-4H3. The highest BCUT2D eigenvalue weighted by molar-refractivity contribution is 5.37. The van der Waals surface area contributed by atoms with Crippen molar-refractivity contribution in [2.24, 2.45) is 5.84 Å². The van der Waals surface area contributed by atoms with Crippen molar-refractivity contribution in [2.75, 3.05) is 0 Å². The van der Waals surface area contributed by atoms with E-state index in [1.807, 2.05) is 0 Å². The molecule has 0 saturated carbocycles. The molecule has 15 heavy (non-hydrogen) atoms. The van der Waals surface area contributed by atoms with Gasteiger partial charge in [-0.2, -0.15) is 0 Å². The SMILES string of the molecule is CCC(Cc1c(C)cc(C)cc1C)NN. The Hall–Kier alpha value is -0.860. The molecule has 1 atom stereocenters. The van der Waals surface area contributed by atoms with Crippen LogP contribution in [0.15, 0.2) is 12.1 Å². The largest absolute Gasteiger partial charge is 0.271 e. The van der Waals surface area contributed by atoms with Crippen molar-refractivity contribution in [3.63, 3.8) is 0 Å². The van der Waals surface area contributed by atoms with Gasteiger partial charge in [-0.25, -0.2) is 0 Å². The van der Waals surface area contributed by atoms with Crippen LogP contribution in [0, 0.1) is 20.8 Å². The second kappa shape index (κ2) is 5.29. The summed E-state index contributed by atoms with van der Waals surface area (Å²) < 4.78 is 0. The average molecular weight is 206 g/mol. The van der Waals surface area contributed by atoms with Crippen molar-refractivity contribution >= 4 is 0 Å². The number of nitrogens with one attached hydrogen (secondary N) is 1. The summed E-state index contributed by atoms with van der Waals surface area (Å²) in [6, 6.07) is 4.86. The Bertz CT molecular complexity index is 304. The van der Waals surface area contributed by atoms with Crippen molar-refractivity contribution < 1.29 is 0 Å². The molecular formula is C13H22N2. The molecule has 2 nitrogen and oxygen atoms in total. The summed E-state index contributed by atoms with van der Waals surface area (Å²) in [6.07, 6.45) is 2.08. The van der Waals surface area contributed by atoms with Crippen molar-refractivity contribution in [3.05, 3.63) is 34.4 Å². The van der Waals surface area contributed by atoms with Crippen molar-refractivity contribution in [3.8, 4) is 0 Å². The van der Waals surface area contributed by atoms with Gasteiger partial charge >= 0.3 is 0 Å². The molecule has 0 saturated heterocycles. The van der Waals surface area contributed by atoms with Crippen LogP contribution in [0.5, 0.6) is 0 Å². The van der Waals surface area contributed by atoms with Gasteiger partial charge in [0.25, 0.3) is 0 Å². The summed E-state index contributed by atoms with van der Waals surface area (Å²) >= 11 is 0. The summed E-state index contributed by atoms with van der Waals surface area (Å²) in [5, 5.41) is 0. The van der Waals surface area contributed by atoms with E-state index in [0.29, 0.717) is 6.04 Å². The molecule has 0 spiro atoms. The van der Waals surface area contributed by atoms with E-state index >= 15 is 0 Å². The second-order valence-electron chi connectivity index (χ2n) is 4.35. The van der Waals surface area contributed by atoms with E-state index in [0.717, 1.165) is 12.8 Å². The predicted octanol–water partition coefficient (Wildman–Crippen LogP) is 2.40. The summed E-state index contributed by atoms with van der Waals surface area (Å²) in [4.78, 5) is 0. The average Bonchev–Trinajstić information content (AvgIpc) is 2.17. The molecule has 0 radical (unpaired) electrons. The maximum Gasteiger partial charge on any atom is 0.0248 e. The van der Waals surface area contributed by atoms with E-state index < -0.39 is 0 Å². The predicted molar refractivity (Wildman–Crippen MR) is 65.8 cm³/mol. The zero-order valence-corrected chi connectivity index (χ0v) is 10.2. The Labute approximate surface area is 92.8 Å². The maximum atomic E-state index is 5.51. The third-order valence-electron chi connectivity index (χ3n) is 3.02. The number of rotatable bonds is 4. The summed E-state index contributed by atoms with van der Waals surface area (Å²) in [7, 11) is 0. The van der Waals surface area contributed by atoms with Crippen molar-refractivity contribution in [1.82, 2.24) is 5.43 Å². The van der Waals surface area contributed by atoms with Crippen LogP contribution < -0.4 is 11.3 Å². The number of nitrogens with two attached hydrogens (primary N) is 1. The van der Waals surface area contributed by atoms with Crippen LogP contribution in [0.3, 0.4) is 0 Å². The fourth-order valence-corrected chi connectivity index (χ4v) is 2.10. The Morgan fingerprint density at radius 3 is 2.13 bits per heavy atom. The Morgan fingerprint density at radius 2 is 1.73 bits per heavy atom. The molecule has 1 unspecified atom stereocenters. The lowest BCUT2D eigenvalue weighted by atomic mass is 9.94. The number of hydrogen-bond donors (Lipinski definition) is 2. The third-order valence-corrected chi connectivity index (χ3v) is 3.02. The molecule has 84 valence electrons. The van der Waals surface area contributed by atoms with Crippen molar-refractivity contribution in [1.29, 1.82) is 0 Å². The molecule has 0 amide bonds. The molecule has 0 aliphatic rings. The minimum atomic E-state index is 0.380.